The van der Waals surface area contributed by atoms with Crippen LogP contribution in [0, 0.1) is 0 Å². The minimum absolute atomic E-state index is 0.0682. The SMILES string of the molecule is Oc1ccc(N=Nc2cccc(N=Nc3ccc(O)cc3O)c2)c(O)c1. The van der Waals surface area contributed by atoms with E-state index in [4.69, 9.17) is 0 Å². The zero-order valence-corrected chi connectivity index (χ0v) is 13.4. The standard InChI is InChI=1S/C18H14N4O4/c23-13-4-6-15(17(25)9-13)21-19-11-2-1-3-12(8-11)20-22-16-7-5-14(24)10-18(16)26/h1-10,23-26H. The molecule has 0 aliphatic carbocycles. The lowest BCUT2D eigenvalue weighted by Crippen LogP contribution is -1.70. The second-order valence-corrected chi connectivity index (χ2v) is 5.27. The summed E-state index contributed by atoms with van der Waals surface area (Å²) in [7, 11) is 0. The Hall–Kier alpha value is -3.94. The summed E-state index contributed by atoms with van der Waals surface area (Å²) in [6.45, 7) is 0. The Morgan fingerprint density at radius 1 is 0.500 bits per heavy atom. The third kappa shape index (κ3) is 4.12. The van der Waals surface area contributed by atoms with E-state index in [0.29, 0.717) is 11.4 Å². The highest BCUT2D eigenvalue weighted by Gasteiger charge is 2.02. The van der Waals surface area contributed by atoms with Crippen molar-refractivity contribution in [2.75, 3.05) is 0 Å². The second-order valence-electron chi connectivity index (χ2n) is 5.27. The third-order valence-electron chi connectivity index (χ3n) is 3.29. The predicted molar refractivity (Wildman–Crippen MR) is 94.3 cm³/mol. The van der Waals surface area contributed by atoms with Crippen LogP contribution >= 0.6 is 0 Å². The van der Waals surface area contributed by atoms with Crippen LogP contribution in [0.5, 0.6) is 23.0 Å². The monoisotopic (exact) mass is 350 g/mol. The van der Waals surface area contributed by atoms with Crippen LogP contribution in [0.15, 0.2) is 81.1 Å². The Kier molecular flexibility index (Phi) is 4.75. The van der Waals surface area contributed by atoms with Crippen LogP contribution in [-0.2, 0) is 0 Å². The van der Waals surface area contributed by atoms with Crippen molar-refractivity contribution in [2.24, 2.45) is 20.5 Å². The molecule has 8 heteroatoms. The highest BCUT2D eigenvalue weighted by molar-refractivity contribution is 5.56. The number of nitrogens with zero attached hydrogens (tertiary/aromatic N) is 4. The quantitative estimate of drug-likeness (QED) is 0.473. The minimum Gasteiger partial charge on any atom is -0.508 e. The summed E-state index contributed by atoms with van der Waals surface area (Å²) in [5.41, 5.74) is 1.38. The van der Waals surface area contributed by atoms with Crippen molar-refractivity contribution in [3.05, 3.63) is 60.7 Å². The predicted octanol–water partition coefficient (Wildman–Crippen LogP) is 5.34. The first-order valence-corrected chi connectivity index (χ1v) is 7.49. The number of benzene rings is 3. The zero-order valence-electron chi connectivity index (χ0n) is 13.4. The van der Waals surface area contributed by atoms with E-state index >= 15 is 0 Å². The lowest BCUT2D eigenvalue weighted by Gasteiger charge is -1.99. The van der Waals surface area contributed by atoms with E-state index in [1.807, 2.05) is 0 Å². The van der Waals surface area contributed by atoms with Gasteiger partial charge in [-0.1, -0.05) is 6.07 Å². The lowest BCUT2D eigenvalue weighted by molar-refractivity contribution is 0.450. The molecule has 0 aliphatic rings. The Balaban J connectivity index is 1.79. The van der Waals surface area contributed by atoms with E-state index in [0.717, 1.165) is 0 Å². The molecule has 3 aromatic rings. The first kappa shape index (κ1) is 16.9. The molecule has 0 saturated heterocycles. The van der Waals surface area contributed by atoms with Gasteiger partial charge in [-0.3, -0.25) is 0 Å². The molecule has 0 spiro atoms. The van der Waals surface area contributed by atoms with Gasteiger partial charge in [0.05, 0.1) is 11.4 Å². The van der Waals surface area contributed by atoms with Crippen LogP contribution in [0.25, 0.3) is 0 Å². The molecule has 0 amide bonds. The van der Waals surface area contributed by atoms with Crippen LogP contribution in [0.1, 0.15) is 0 Å². The van der Waals surface area contributed by atoms with Crippen molar-refractivity contribution in [1.29, 1.82) is 0 Å². The fourth-order valence-corrected chi connectivity index (χ4v) is 2.03. The average Bonchev–Trinajstić information content (AvgIpc) is 2.61. The molecule has 0 fully saturated rings. The molecule has 0 aromatic heterocycles. The summed E-state index contributed by atoms with van der Waals surface area (Å²) >= 11 is 0. The third-order valence-corrected chi connectivity index (χ3v) is 3.29. The number of aromatic hydroxyl groups is 4. The van der Waals surface area contributed by atoms with E-state index in [2.05, 4.69) is 20.5 Å². The molecule has 0 unspecified atom stereocenters. The maximum atomic E-state index is 9.69. The Morgan fingerprint density at radius 2 is 0.962 bits per heavy atom. The van der Waals surface area contributed by atoms with Crippen molar-refractivity contribution in [1.82, 2.24) is 0 Å². The summed E-state index contributed by atoms with van der Waals surface area (Å²) in [6, 6.07) is 14.7. The molecule has 0 bridgehead atoms. The molecule has 3 rings (SSSR count). The molecule has 130 valence electrons. The van der Waals surface area contributed by atoms with Crippen molar-refractivity contribution >= 4 is 22.7 Å². The van der Waals surface area contributed by atoms with Crippen LogP contribution < -0.4 is 0 Å². The molecule has 3 aromatic carbocycles. The second kappa shape index (κ2) is 7.31. The van der Waals surface area contributed by atoms with E-state index in [1.54, 1.807) is 24.3 Å². The van der Waals surface area contributed by atoms with Crippen LogP contribution in [0.4, 0.5) is 22.7 Å². The zero-order chi connectivity index (χ0) is 18.5. The van der Waals surface area contributed by atoms with Crippen LogP contribution in [0.2, 0.25) is 0 Å². The van der Waals surface area contributed by atoms with E-state index < -0.39 is 0 Å². The number of phenolic OH excluding ortho intramolecular Hbond substituents is 4. The number of hydrogen-bond donors (Lipinski definition) is 4. The van der Waals surface area contributed by atoms with Gasteiger partial charge in [-0.2, -0.15) is 10.2 Å². The molecule has 0 aliphatic heterocycles. The lowest BCUT2D eigenvalue weighted by atomic mass is 10.3. The average molecular weight is 350 g/mol. The number of hydrogen-bond acceptors (Lipinski definition) is 8. The summed E-state index contributed by atoms with van der Waals surface area (Å²) in [6.07, 6.45) is 0. The fraction of sp³-hybridized carbons (Fsp3) is 0. The normalized spacial score (nSPS) is 11.4. The van der Waals surface area contributed by atoms with E-state index in [9.17, 15) is 20.4 Å². The topological polar surface area (TPSA) is 130 Å². The van der Waals surface area contributed by atoms with Gasteiger partial charge in [0, 0.05) is 12.1 Å². The molecule has 0 atom stereocenters. The van der Waals surface area contributed by atoms with Crippen molar-refractivity contribution < 1.29 is 20.4 Å². The highest BCUT2D eigenvalue weighted by atomic mass is 16.3. The van der Waals surface area contributed by atoms with Crippen molar-refractivity contribution in [3.63, 3.8) is 0 Å². The summed E-state index contributed by atoms with van der Waals surface area (Å²) < 4.78 is 0. The number of phenols is 4. The van der Waals surface area contributed by atoms with Gasteiger partial charge in [0.25, 0.3) is 0 Å². The van der Waals surface area contributed by atoms with Crippen LogP contribution in [0.3, 0.4) is 0 Å². The van der Waals surface area contributed by atoms with Crippen molar-refractivity contribution in [2.45, 2.75) is 0 Å². The van der Waals surface area contributed by atoms with Gasteiger partial charge < -0.3 is 20.4 Å². The summed E-state index contributed by atoms with van der Waals surface area (Å²) in [4.78, 5) is 0. The van der Waals surface area contributed by atoms with Gasteiger partial charge in [-0.25, -0.2) is 0 Å². The summed E-state index contributed by atoms with van der Waals surface area (Å²) in [5.74, 6) is -0.512. The molecular formula is C18H14N4O4. The largest absolute Gasteiger partial charge is 0.508 e. The van der Waals surface area contributed by atoms with E-state index in [1.165, 1.54) is 36.4 Å². The van der Waals surface area contributed by atoms with E-state index in [-0.39, 0.29) is 34.4 Å². The first-order chi connectivity index (χ1) is 12.5. The first-order valence-electron chi connectivity index (χ1n) is 7.49. The highest BCUT2D eigenvalue weighted by Crippen LogP contribution is 2.33. The molecule has 8 nitrogen and oxygen atoms in total. The smallest absolute Gasteiger partial charge is 0.146 e. The fourth-order valence-electron chi connectivity index (χ4n) is 2.03. The van der Waals surface area contributed by atoms with Gasteiger partial charge in [0.15, 0.2) is 0 Å². The molecule has 4 N–H and O–H groups in total. The molecule has 26 heavy (non-hydrogen) atoms. The molecule has 0 heterocycles. The molecule has 0 saturated carbocycles. The number of rotatable bonds is 4. The Labute approximate surface area is 148 Å². The van der Waals surface area contributed by atoms with Gasteiger partial charge >= 0.3 is 0 Å². The van der Waals surface area contributed by atoms with Crippen molar-refractivity contribution in [3.8, 4) is 23.0 Å². The maximum absolute atomic E-state index is 9.69. The van der Waals surface area contributed by atoms with Gasteiger partial charge in [-0.05, 0) is 42.5 Å². The molecular weight excluding hydrogens is 336 g/mol. The van der Waals surface area contributed by atoms with Crippen LogP contribution in [-0.4, -0.2) is 20.4 Å². The Bertz CT molecular complexity index is 925. The minimum atomic E-state index is -0.188. The van der Waals surface area contributed by atoms with Gasteiger partial charge in [-0.15, -0.1) is 10.2 Å². The van der Waals surface area contributed by atoms with Gasteiger partial charge in [0.1, 0.15) is 34.4 Å². The van der Waals surface area contributed by atoms with Gasteiger partial charge in [0.2, 0.25) is 0 Å². The summed E-state index contributed by atoms with van der Waals surface area (Å²) in [5, 5.41) is 53.8. The number of azo groups is 2. The molecule has 0 radical (unpaired) electrons. The Morgan fingerprint density at radius 3 is 1.38 bits per heavy atom. The maximum Gasteiger partial charge on any atom is 0.146 e.